The summed E-state index contributed by atoms with van der Waals surface area (Å²) in [6, 6.07) is -0.175. The normalized spacial score (nSPS) is 17.9. The monoisotopic (exact) mass is 306 g/mol. The first-order chi connectivity index (χ1) is 9.74. The number of aryl methyl sites for hydroxylation is 1. The number of alkyl halides is 3. The number of amides is 1. The highest BCUT2D eigenvalue weighted by molar-refractivity contribution is 5.92. The molecular formula is C12H17F3N4O2. The predicted molar refractivity (Wildman–Crippen MR) is 69.0 cm³/mol. The van der Waals surface area contributed by atoms with Crippen molar-refractivity contribution in [2.45, 2.75) is 25.1 Å². The van der Waals surface area contributed by atoms with Crippen molar-refractivity contribution >= 4 is 5.91 Å². The zero-order valence-corrected chi connectivity index (χ0v) is 11.5. The maximum atomic E-state index is 12.3. The Morgan fingerprint density at radius 2 is 2.05 bits per heavy atom. The molecule has 0 atom stereocenters. The molecule has 6 nitrogen and oxygen atoms in total. The van der Waals surface area contributed by atoms with Crippen LogP contribution in [0.5, 0.6) is 0 Å². The van der Waals surface area contributed by atoms with Crippen LogP contribution in [0, 0.1) is 0 Å². The van der Waals surface area contributed by atoms with Gasteiger partial charge < -0.3 is 14.9 Å². The standard InChI is InChI=1S/C12H17F3N4O2/c1-18-6-9(17-11(18)21)10(20)16-8-2-4-19(5-3-8)7-12(13,14)15/h6,8H,2-5,7H2,1H3,(H,16,20)(H,17,21). The molecule has 1 saturated heterocycles. The summed E-state index contributed by atoms with van der Waals surface area (Å²) in [5, 5.41) is 2.73. The fraction of sp³-hybridized carbons (Fsp3) is 0.667. The van der Waals surface area contributed by atoms with E-state index in [1.165, 1.54) is 22.7 Å². The number of piperidine rings is 1. The highest BCUT2D eigenvalue weighted by atomic mass is 19.4. The van der Waals surface area contributed by atoms with Crippen LogP contribution in [-0.4, -0.2) is 52.2 Å². The highest BCUT2D eigenvalue weighted by Gasteiger charge is 2.32. The minimum atomic E-state index is -4.19. The number of hydrogen-bond donors (Lipinski definition) is 2. The number of halogens is 3. The highest BCUT2D eigenvalue weighted by Crippen LogP contribution is 2.19. The smallest absolute Gasteiger partial charge is 0.348 e. The van der Waals surface area contributed by atoms with Crippen LogP contribution < -0.4 is 11.0 Å². The Kier molecular flexibility index (Phi) is 4.40. The van der Waals surface area contributed by atoms with E-state index in [-0.39, 0.29) is 30.5 Å². The molecule has 1 amide bonds. The second-order valence-corrected chi connectivity index (χ2v) is 5.22. The second kappa shape index (κ2) is 5.92. The SMILES string of the molecule is Cn1cc(C(=O)NC2CCN(CC(F)(F)F)CC2)[nH]c1=O. The van der Waals surface area contributed by atoms with Crippen molar-refractivity contribution in [1.82, 2.24) is 19.8 Å². The van der Waals surface area contributed by atoms with E-state index in [9.17, 15) is 22.8 Å². The van der Waals surface area contributed by atoms with Crippen LogP contribution in [0.3, 0.4) is 0 Å². The maximum Gasteiger partial charge on any atom is 0.401 e. The molecule has 118 valence electrons. The summed E-state index contributed by atoms with van der Waals surface area (Å²) >= 11 is 0. The number of nitrogens with zero attached hydrogens (tertiary/aromatic N) is 2. The van der Waals surface area contributed by atoms with Gasteiger partial charge in [-0.2, -0.15) is 13.2 Å². The summed E-state index contributed by atoms with van der Waals surface area (Å²) in [5.41, 5.74) is -0.236. The fourth-order valence-corrected chi connectivity index (χ4v) is 2.36. The first kappa shape index (κ1) is 15.6. The quantitative estimate of drug-likeness (QED) is 0.853. The zero-order valence-electron chi connectivity index (χ0n) is 11.5. The summed E-state index contributed by atoms with van der Waals surface area (Å²) in [4.78, 5) is 26.9. The third-order valence-electron chi connectivity index (χ3n) is 3.46. The lowest BCUT2D eigenvalue weighted by Crippen LogP contribution is -2.47. The van der Waals surface area contributed by atoms with Gasteiger partial charge in [0, 0.05) is 32.4 Å². The molecule has 1 aliphatic rings. The van der Waals surface area contributed by atoms with Crippen molar-refractivity contribution in [3.05, 3.63) is 22.4 Å². The largest absolute Gasteiger partial charge is 0.401 e. The number of carbonyl (C=O) groups is 1. The van der Waals surface area contributed by atoms with Crippen LogP contribution in [0.15, 0.2) is 11.0 Å². The van der Waals surface area contributed by atoms with Gasteiger partial charge >= 0.3 is 11.9 Å². The Morgan fingerprint density at radius 1 is 1.43 bits per heavy atom. The summed E-state index contributed by atoms with van der Waals surface area (Å²) < 4.78 is 38.0. The van der Waals surface area contributed by atoms with Gasteiger partial charge in [0.05, 0.1) is 6.54 Å². The topological polar surface area (TPSA) is 70.1 Å². The van der Waals surface area contributed by atoms with Crippen molar-refractivity contribution in [1.29, 1.82) is 0 Å². The van der Waals surface area contributed by atoms with E-state index >= 15 is 0 Å². The van der Waals surface area contributed by atoms with Gasteiger partial charge in [-0.3, -0.25) is 9.69 Å². The van der Waals surface area contributed by atoms with Crippen molar-refractivity contribution < 1.29 is 18.0 Å². The molecule has 0 radical (unpaired) electrons. The fourth-order valence-electron chi connectivity index (χ4n) is 2.36. The van der Waals surface area contributed by atoms with Gasteiger partial charge in [0.15, 0.2) is 0 Å². The van der Waals surface area contributed by atoms with Crippen LogP contribution in [0.4, 0.5) is 13.2 Å². The third-order valence-corrected chi connectivity index (χ3v) is 3.46. The molecule has 1 aliphatic heterocycles. The van der Waals surface area contributed by atoms with E-state index in [1.807, 2.05) is 0 Å². The first-order valence-corrected chi connectivity index (χ1v) is 6.60. The van der Waals surface area contributed by atoms with Gasteiger partial charge in [-0.15, -0.1) is 0 Å². The number of nitrogens with one attached hydrogen (secondary N) is 2. The number of imidazole rings is 1. The van der Waals surface area contributed by atoms with Crippen molar-refractivity contribution in [3.63, 3.8) is 0 Å². The lowest BCUT2D eigenvalue weighted by molar-refractivity contribution is -0.148. The Morgan fingerprint density at radius 3 is 2.52 bits per heavy atom. The van der Waals surface area contributed by atoms with Gasteiger partial charge in [-0.05, 0) is 12.8 Å². The van der Waals surface area contributed by atoms with E-state index < -0.39 is 18.6 Å². The molecule has 1 aromatic heterocycles. The third kappa shape index (κ3) is 4.35. The predicted octanol–water partition coefficient (Wildman–Crippen LogP) is 0.470. The van der Waals surface area contributed by atoms with E-state index in [0.717, 1.165) is 0 Å². The van der Waals surface area contributed by atoms with Gasteiger partial charge in [0.1, 0.15) is 5.69 Å². The van der Waals surface area contributed by atoms with Gasteiger partial charge in [-0.1, -0.05) is 0 Å². The molecular weight excluding hydrogens is 289 g/mol. The molecule has 0 saturated carbocycles. The molecule has 2 rings (SSSR count). The Hall–Kier alpha value is -1.77. The Balaban J connectivity index is 1.83. The summed E-state index contributed by atoms with van der Waals surface area (Å²) in [5.74, 6) is -0.415. The van der Waals surface area contributed by atoms with Gasteiger partial charge in [0.25, 0.3) is 5.91 Å². The summed E-state index contributed by atoms with van der Waals surface area (Å²) in [6.45, 7) is -0.342. The van der Waals surface area contributed by atoms with Crippen molar-refractivity contribution in [3.8, 4) is 0 Å². The number of aromatic amines is 1. The number of H-pyrrole nitrogens is 1. The Bertz CT molecular complexity index is 556. The Labute approximate surface area is 118 Å². The minimum Gasteiger partial charge on any atom is -0.348 e. The number of hydrogen-bond acceptors (Lipinski definition) is 3. The minimum absolute atomic E-state index is 0.153. The van der Waals surface area contributed by atoms with E-state index in [4.69, 9.17) is 0 Å². The molecule has 2 N–H and O–H groups in total. The molecule has 0 unspecified atom stereocenters. The molecule has 0 aromatic carbocycles. The molecule has 9 heteroatoms. The lowest BCUT2D eigenvalue weighted by atomic mass is 10.0. The van der Waals surface area contributed by atoms with Crippen molar-refractivity contribution in [2.75, 3.05) is 19.6 Å². The summed E-state index contributed by atoms with van der Waals surface area (Å²) in [6.07, 6.45) is -1.90. The van der Waals surface area contributed by atoms with Gasteiger partial charge in [0.2, 0.25) is 0 Å². The average molecular weight is 306 g/mol. The maximum absolute atomic E-state index is 12.3. The molecule has 21 heavy (non-hydrogen) atoms. The molecule has 0 bridgehead atoms. The first-order valence-electron chi connectivity index (χ1n) is 6.60. The number of aromatic nitrogens is 2. The van der Waals surface area contributed by atoms with E-state index in [0.29, 0.717) is 12.8 Å². The van der Waals surface area contributed by atoms with E-state index in [1.54, 1.807) is 0 Å². The van der Waals surface area contributed by atoms with Crippen LogP contribution in [-0.2, 0) is 7.05 Å². The molecule has 1 aromatic rings. The number of likely N-dealkylation sites (tertiary alicyclic amines) is 1. The molecule has 0 aliphatic carbocycles. The van der Waals surface area contributed by atoms with Crippen LogP contribution in [0.2, 0.25) is 0 Å². The average Bonchev–Trinajstić information content (AvgIpc) is 2.70. The molecule has 1 fully saturated rings. The van der Waals surface area contributed by atoms with Crippen LogP contribution in [0.1, 0.15) is 23.3 Å². The van der Waals surface area contributed by atoms with Crippen LogP contribution >= 0.6 is 0 Å². The number of rotatable bonds is 3. The molecule has 2 heterocycles. The lowest BCUT2D eigenvalue weighted by Gasteiger charge is -2.32. The van der Waals surface area contributed by atoms with E-state index in [2.05, 4.69) is 10.3 Å². The molecule has 0 spiro atoms. The second-order valence-electron chi connectivity index (χ2n) is 5.22. The summed E-state index contributed by atoms with van der Waals surface area (Å²) in [7, 11) is 1.52. The zero-order chi connectivity index (χ0) is 15.6. The van der Waals surface area contributed by atoms with Crippen LogP contribution in [0.25, 0.3) is 0 Å². The van der Waals surface area contributed by atoms with Crippen molar-refractivity contribution in [2.24, 2.45) is 7.05 Å². The van der Waals surface area contributed by atoms with Gasteiger partial charge in [-0.25, -0.2) is 4.79 Å². The number of carbonyl (C=O) groups excluding carboxylic acids is 1.